The van der Waals surface area contributed by atoms with Crippen molar-refractivity contribution in [3.63, 3.8) is 0 Å². The van der Waals surface area contributed by atoms with Crippen molar-refractivity contribution >= 4 is 34.0 Å². The van der Waals surface area contributed by atoms with Crippen molar-refractivity contribution in [2.24, 2.45) is 0 Å². The van der Waals surface area contributed by atoms with E-state index in [1.807, 2.05) is 48.5 Å². The summed E-state index contributed by atoms with van der Waals surface area (Å²) in [6, 6.07) is 22.3. The lowest BCUT2D eigenvalue weighted by Crippen LogP contribution is -2.13. The molecule has 134 valence electrons. The molecule has 0 unspecified atom stereocenters. The molecule has 0 bridgehead atoms. The third kappa shape index (κ3) is 3.32. The van der Waals surface area contributed by atoms with Gasteiger partial charge in [0.05, 0.1) is 23.4 Å². The number of benzene rings is 3. The highest BCUT2D eigenvalue weighted by Gasteiger charge is 2.10. The first-order valence-corrected chi connectivity index (χ1v) is 8.57. The number of para-hydroxylation sites is 2. The van der Waals surface area contributed by atoms with Crippen LogP contribution in [0.2, 0.25) is 0 Å². The molecule has 27 heavy (non-hydrogen) atoms. The maximum Gasteiger partial charge on any atom is 0.255 e. The number of carbonyl (C=O) groups excluding carboxylic acids is 1. The quantitative estimate of drug-likeness (QED) is 0.487. The Bertz CT molecular complexity index is 1120. The van der Waals surface area contributed by atoms with Crippen molar-refractivity contribution < 1.29 is 4.79 Å². The molecule has 0 radical (unpaired) electrons. The van der Waals surface area contributed by atoms with E-state index in [1.54, 1.807) is 28.9 Å². The van der Waals surface area contributed by atoms with E-state index in [-0.39, 0.29) is 5.91 Å². The van der Waals surface area contributed by atoms with Gasteiger partial charge in [0, 0.05) is 10.9 Å². The van der Waals surface area contributed by atoms with Crippen LogP contribution >= 0.6 is 0 Å². The summed E-state index contributed by atoms with van der Waals surface area (Å²) in [5.74, 6) is 0.427. The van der Waals surface area contributed by atoms with Gasteiger partial charge in [0.25, 0.3) is 5.91 Å². The van der Waals surface area contributed by atoms with Gasteiger partial charge in [-0.1, -0.05) is 36.4 Å². The molecular formula is C21H19N5O. The minimum absolute atomic E-state index is 0.205. The summed E-state index contributed by atoms with van der Waals surface area (Å²) in [7, 11) is 0. The third-order valence-electron chi connectivity index (χ3n) is 4.44. The van der Waals surface area contributed by atoms with Crippen LogP contribution in [-0.2, 0) is 6.54 Å². The Labute approximate surface area is 156 Å². The molecule has 0 aliphatic rings. The number of fused-ring (bicyclic) bond motifs is 1. The number of hydrogen-bond acceptors (Lipinski definition) is 4. The zero-order chi connectivity index (χ0) is 18.8. The second-order valence-corrected chi connectivity index (χ2v) is 6.30. The number of carbonyl (C=O) groups is 1. The molecule has 0 saturated carbocycles. The molecule has 1 amide bonds. The summed E-state index contributed by atoms with van der Waals surface area (Å²) in [6.07, 6.45) is 0. The number of hydrogen-bond donors (Lipinski definition) is 3. The van der Waals surface area contributed by atoms with E-state index in [2.05, 4.69) is 10.4 Å². The van der Waals surface area contributed by atoms with E-state index in [9.17, 15) is 4.79 Å². The van der Waals surface area contributed by atoms with Crippen LogP contribution in [0.1, 0.15) is 15.9 Å². The molecule has 6 heteroatoms. The fourth-order valence-electron chi connectivity index (χ4n) is 2.96. The molecule has 0 aliphatic heterocycles. The number of rotatable bonds is 4. The van der Waals surface area contributed by atoms with Crippen LogP contribution < -0.4 is 16.8 Å². The molecule has 0 saturated heterocycles. The van der Waals surface area contributed by atoms with Crippen LogP contribution in [0, 0.1) is 0 Å². The highest BCUT2D eigenvalue weighted by molar-refractivity contribution is 6.05. The van der Waals surface area contributed by atoms with Gasteiger partial charge in [-0.3, -0.25) is 4.79 Å². The Hall–Kier alpha value is -3.80. The molecule has 4 aromatic rings. The largest absolute Gasteiger partial charge is 0.397 e. The van der Waals surface area contributed by atoms with Crippen molar-refractivity contribution in [1.82, 2.24) is 9.78 Å². The van der Waals surface area contributed by atoms with E-state index >= 15 is 0 Å². The van der Waals surface area contributed by atoms with Crippen molar-refractivity contribution in [3.05, 3.63) is 83.9 Å². The number of nitrogens with zero attached hydrogens (tertiary/aromatic N) is 2. The first kappa shape index (κ1) is 16.7. The van der Waals surface area contributed by atoms with Gasteiger partial charge in [-0.25, -0.2) is 4.68 Å². The van der Waals surface area contributed by atoms with E-state index in [0.29, 0.717) is 29.3 Å². The first-order chi connectivity index (χ1) is 13.1. The molecule has 6 nitrogen and oxygen atoms in total. The lowest BCUT2D eigenvalue weighted by molar-refractivity contribution is 0.102. The molecule has 1 heterocycles. The second kappa shape index (κ2) is 6.84. The molecule has 0 fully saturated rings. The minimum Gasteiger partial charge on any atom is -0.397 e. The topological polar surface area (TPSA) is 99.0 Å². The van der Waals surface area contributed by atoms with E-state index < -0.39 is 0 Å². The molecule has 4 rings (SSSR count). The van der Waals surface area contributed by atoms with Gasteiger partial charge in [-0.15, -0.1) is 0 Å². The van der Waals surface area contributed by atoms with E-state index in [4.69, 9.17) is 11.5 Å². The van der Waals surface area contributed by atoms with Crippen molar-refractivity contribution in [2.75, 3.05) is 16.8 Å². The highest BCUT2D eigenvalue weighted by Crippen LogP contribution is 2.21. The number of nitrogens with one attached hydrogen (secondary N) is 1. The van der Waals surface area contributed by atoms with Gasteiger partial charge < -0.3 is 16.8 Å². The fourth-order valence-corrected chi connectivity index (χ4v) is 2.96. The summed E-state index contributed by atoms with van der Waals surface area (Å²) in [6.45, 7) is 0.536. The van der Waals surface area contributed by atoms with Crippen molar-refractivity contribution in [1.29, 1.82) is 0 Å². The Balaban J connectivity index is 1.51. The van der Waals surface area contributed by atoms with Crippen LogP contribution in [-0.4, -0.2) is 15.7 Å². The number of aromatic nitrogens is 2. The highest BCUT2D eigenvalue weighted by atomic mass is 16.1. The Morgan fingerprint density at radius 1 is 0.926 bits per heavy atom. The summed E-state index contributed by atoms with van der Waals surface area (Å²) in [5.41, 5.74) is 15.6. The molecule has 5 N–H and O–H groups in total. The maximum absolute atomic E-state index is 12.4. The Morgan fingerprint density at radius 3 is 2.37 bits per heavy atom. The Morgan fingerprint density at radius 2 is 1.63 bits per heavy atom. The van der Waals surface area contributed by atoms with Crippen LogP contribution in [0.3, 0.4) is 0 Å². The zero-order valence-corrected chi connectivity index (χ0v) is 14.6. The number of nitrogen functional groups attached to an aromatic ring is 2. The molecule has 0 atom stereocenters. The van der Waals surface area contributed by atoms with Crippen LogP contribution in [0.4, 0.5) is 17.2 Å². The van der Waals surface area contributed by atoms with Gasteiger partial charge in [0.15, 0.2) is 0 Å². The number of nitrogens with two attached hydrogens (primary N) is 2. The normalized spacial score (nSPS) is 10.8. The summed E-state index contributed by atoms with van der Waals surface area (Å²) in [4.78, 5) is 12.4. The lowest BCUT2D eigenvalue weighted by atomic mass is 10.1. The summed E-state index contributed by atoms with van der Waals surface area (Å²) < 4.78 is 1.77. The minimum atomic E-state index is -0.205. The molecule has 1 aromatic heterocycles. The van der Waals surface area contributed by atoms with Crippen molar-refractivity contribution in [2.45, 2.75) is 6.54 Å². The van der Waals surface area contributed by atoms with Gasteiger partial charge in [-0.05, 0) is 42.0 Å². The van der Waals surface area contributed by atoms with E-state index in [0.717, 1.165) is 16.5 Å². The standard InChI is InChI=1S/C21H19N5O/c22-17-6-2-4-8-19(17)24-21(27)15-11-9-14(10-12-15)13-26-20(23)16-5-1-3-7-18(16)25-26/h1-12H,13,22-23H2,(H,24,27). The Kier molecular flexibility index (Phi) is 4.22. The van der Waals surface area contributed by atoms with Gasteiger partial charge >= 0.3 is 0 Å². The fraction of sp³-hybridized carbons (Fsp3) is 0.0476. The zero-order valence-electron chi connectivity index (χ0n) is 14.6. The average molecular weight is 357 g/mol. The van der Waals surface area contributed by atoms with Gasteiger partial charge in [0.2, 0.25) is 0 Å². The predicted molar refractivity (Wildman–Crippen MR) is 108 cm³/mol. The summed E-state index contributed by atoms with van der Waals surface area (Å²) >= 11 is 0. The third-order valence-corrected chi connectivity index (χ3v) is 4.44. The van der Waals surface area contributed by atoms with E-state index in [1.165, 1.54) is 0 Å². The lowest BCUT2D eigenvalue weighted by Gasteiger charge is -2.09. The molecule has 0 aliphatic carbocycles. The van der Waals surface area contributed by atoms with Crippen molar-refractivity contribution in [3.8, 4) is 0 Å². The van der Waals surface area contributed by atoms with Gasteiger partial charge in [0.1, 0.15) is 5.82 Å². The van der Waals surface area contributed by atoms with Gasteiger partial charge in [-0.2, -0.15) is 5.10 Å². The first-order valence-electron chi connectivity index (χ1n) is 8.57. The average Bonchev–Trinajstić information content (AvgIpc) is 3.00. The van der Waals surface area contributed by atoms with Crippen LogP contribution in [0.25, 0.3) is 10.9 Å². The molecular weight excluding hydrogens is 338 g/mol. The van der Waals surface area contributed by atoms with Crippen LogP contribution in [0.15, 0.2) is 72.8 Å². The monoisotopic (exact) mass is 357 g/mol. The predicted octanol–water partition coefficient (Wildman–Crippen LogP) is 3.50. The molecule has 3 aromatic carbocycles. The maximum atomic E-state index is 12.4. The SMILES string of the molecule is Nc1ccccc1NC(=O)c1ccc(Cn2nc3ccccc3c2N)cc1. The second-order valence-electron chi connectivity index (χ2n) is 6.30. The molecule has 0 spiro atoms. The smallest absolute Gasteiger partial charge is 0.255 e. The summed E-state index contributed by atoms with van der Waals surface area (Å²) in [5, 5.41) is 8.29. The number of anilines is 3. The van der Waals surface area contributed by atoms with Crippen LogP contribution in [0.5, 0.6) is 0 Å². The number of amides is 1.